The van der Waals surface area contributed by atoms with Gasteiger partial charge in [0.05, 0.1) is 11.3 Å². The van der Waals surface area contributed by atoms with Gasteiger partial charge in [0, 0.05) is 32.5 Å². The zero-order valence-corrected chi connectivity index (χ0v) is 16.4. The fourth-order valence-corrected chi connectivity index (χ4v) is 4.35. The number of cyclic esters (lactones) is 1. The van der Waals surface area contributed by atoms with Crippen LogP contribution in [0.2, 0.25) is 10.0 Å². The molecule has 4 nitrogen and oxygen atoms in total. The van der Waals surface area contributed by atoms with Crippen molar-refractivity contribution in [3.05, 3.63) is 73.8 Å². The molecule has 4 rings (SSSR count). The zero-order valence-electron chi connectivity index (χ0n) is 13.3. The molecule has 2 heterocycles. The van der Waals surface area contributed by atoms with Crippen LogP contribution in [0.15, 0.2) is 58.2 Å². The lowest BCUT2D eigenvalue weighted by molar-refractivity contribution is -0.136. The number of anilines is 1. The number of nitrogens with zero attached hydrogens (tertiary/aromatic N) is 1. The average Bonchev–Trinajstić information content (AvgIpc) is 2.96. The molecule has 0 radical (unpaired) electrons. The van der Waals surface area contributed by atoms with Crippen LogP contribution in [0.5, 0.6) is 0 Å². The maximum absolute atomic E-state index is 13.0. The largest absolute Gasteiger partial charge is 0.456 e. The molecule has 0 aromatic heterocycles. The van der Waals surface area contributed by atoms with E-state index in [1.54, 1.807) is 23.1 Å². The van der Waals surface area contributed by atoms with Gasteiger partial charge >= 0.3 is 5.97 Å². The number of carbonyl (C=O) groups is 2. The van der Waals surface area contributed by atoms with E-state index in [0.717, 1.165) is 4.47 Å². The number of esters is 1. The molecule has 0 saturated heterocycles. The van der Waals surface area contributed by atoms with Gasteiger partial charge in [-0.25, -0.2) is 4.79 Å². The number of hydrogen-bond donors (Lipinski definition) is 0. The maximum Gasteiger partial charge on any atom is 0.336 e. The maximum atomic E-state index is 13.0. The van der Waals surface area contributed by atoms with Gasteiger partial charge in [-0.15, -0.1) is 0 Å². The van der Waals surface area contributed by atoms with Gasteiger partial charge in [-0.1, -0.05) is 51.3 Å². The highest BCUT2D eigenvalue weighted by Crippen LogP contribution is 2.44. The van der Waals surface area contributed by atoms with Crippen molar-refractivity contribution in [1.82, 2.24) is 0 Å². The van der Waals surface area contributed by atoms with Crippen molar-refractivity contribution in [3.8, 4) is 0 Å². The van der Waals surface area contributed by atoms with Crippen LogP contribution in [0.3, 0.4) is 0 Å². The Morgan fingerprint density at radius 2 is 1.92 bits per heavy atom. The summed E-state index contributed by atoms with van der Waals surface area (Å²) in [4.78, 5) is 26.9. The number of amides is 1. The molecule has 2 aromatic rings. The summed E-state index contributed by atoms with van der Waals surface area (Å²) in [7, 11) is 0. The number of rotatable bonds is 2. The molecule has 7 heteroatoms. The highest BCUT2D eigenvalue weighted by Gasteiger charge is 2.43. The molecular formula is C19H12BrCl2NO3. The second-order valence-corrected chi connectivity index (χ2v) is 7.83. The third-order valence-electron chi connectivity index (χ3n) is 4.52. The number of benzene rings is 2. The third kappa shape index (κ3) is 2.94. The van der Waals surface area contributed by atoms with Gasteiger partial charge in [-0.3, -0.25) is 9.69 Å². The van der Waals surface area contributed by atoms with Crippen LogP contribution in [0.1, 0.15) is 17.9 Å². The molecule has 1 unspecified atom stereocenters. The lowest BCUT2D eigenvalue weighted by atomic mass is 9.84. The van der Waals surface area contributed by atoms with Crippen molar-refractivity contribution < 1.29 is 14.3 Å². The smallest absolute Gasteiger partial charge is 0.336 e. The summed E-state index contributed by atoms with van der Waals surface area (Å²) in [6.45, 7) is 0.0636. The Morgan fingerprint density at radius 3 is 2.65 bits per heavy atom. The van der Waals surface area contributed by atoms with E-state index in [9.17, 15) is 9.59 Å². The summed E-state index contributed by atoms with van der Waals surface area (Å²) in [6.07, 6.45) is 0.127. The topological polar surface area (TPSA) is 46.6 Å². The molecule has 2 aliphatic heterocycles. The van der Waals surface area contributed by atoms with Gasteiger partial charge in [0.25, 0.3) is 0 Å². The van der Waals surface area contributed by atoms with E-state index < -0.39 is 11.9 Å². The Bertz CT molecular complexity index is 973. The molecule has 0 N–H and O–H groups in total. The molecule has 0 aliphatic carbocycles. The molecule has 1 amide bonds. The van der Waals surface area contributed by atoms with Gasteiger partial charge in [-0.2, -0.15) is 0 Å². The van der Waals surface area contributed by atoms with E-state index in [0.29, 0.717) is 32.6 Å². The van der Waals surface area contributed by atoms with E-state index in [1.807, 2.05) is 24.3 Å². The Labute approximate surface area is 168 Å². The monoisotopic (exact) mass is 451 g/mol. The predicted molar refractivity (Wildman–Crippen MR) is 103 cm³/mol. The zero-order chi connectivity index (χ0) is 18.4. The standard InChI is InChI=1S/C19H12BrCl2NO3/c20-10-2-1-3-12(6-10)23-16-9-26-19(25)18(16)14(8-17(23)24)13-5-4-11(21)7-15(13)22/h1-7,14H,8-9H2. The van der Waals surface area contributed by atoms with Crippen molar-refractivity contribution in [3.63, 3.8) is 0 Å². The number of ether oxygens (including phenoxy) is 1. The van der Waals surface area contributed by atoms with E-state index >= 15 is 0 Å². The second kappa shape index (κ2) is 6.72. The van der Waals surface area contributed by atoms with Crippen molar-refractivity contribution in [1.29, 1.82) is 0 Å². The second-order valence-electron chi connectivity index (χ2n) is 6.07. The van der Waals surface area contributed by atoms with Crippen LogP contribution in [0.4, 0.5) is 5.69 Å². The summed E-state index contributed by atoms with van der Waals surface area (Å²) in [5.41, 5.74) is 2.44. The number of carbonyl (C=O) groups excluding carboxylic acids is 2. The van der Waals surface area contributed by atoms with Gasteiger partial charge < -0.3 is 4.74 Å². The first-order chi connectivity index (χ1) is 12.5. The minimum Gasteiger partial charge on any atom is -0.456 e. The van der Waals surface area contributed by atoms with Crippen molar-refractivity contribution in [2.45, 2.75) is 12.3 Å². The molecule has 0 spiro atoms. The van der Waals surface area contributed by atoms with Crippen molar-refractivity contribution >= 4 is 56.7 Å². The number of halogens is 3. The van der Waals surface area contributed by atoms with E-state index in [1.165, 1.54) is 0 Å². The summed E-state index contributed by atoms with van der Waals surface area (Å²) >= 11 is 15.7. The van der Waals surface area contributed by atoms with Crippen LogP contribution in [-0.2, 0) is 14.3 Å². The highest BCUT2D eigenvalue weighted by atomic mass is 79.9. The molecule has 26 heavy (non-hydrogen) atoms. The van der Waals surface area contributed by atoms with Gasteiger partial charge in [0.15, 0.2) is 0 Å². The summed E-state index contributed by atoms with van der Waals surface area (Å²) < 4.78 is 6.10. The van der Waals surface area contributed by atoms with Crippen molar-refractivity contribution in [2.75, 3.05) is 11.5 Å². The van der Waals surface area contributed by atoms with Crippen LogP contribution in [0.25, 0.3) is 0 Å². The third-order valence-corrected chi connectivity index (χ3v) is 5.58. The average molecular weight is 453 g/mol. The SMILES string of the molecule is O=C1OCC2=C1C(c1ccc(Cl)cc1Cl)CC(=O)N2c1cccc(Br)c1. The van der Waals surface area contributed by atoms with Crippen LogP contribution in [0, 0.1) is 0 Å². The molecule has 132 valence electrons. The van der Waals surface area contributed by atoms with Gasteiger partial charge in [0.1, 0.15) is 6.61 Å². The Hall–Kier alpha value is -1.82. The van der Waals surface area contributed by atoms with Crippen LogP contribution >= 0.6 is 39.1 Å². The quantitative estimate of drug-likeness (QED) is 0.596. The fourth-order valence-electron chi connectivity index (χ4n) is 3.42. The molecular weight excluding hydrogens is 441 g/mol. The van der Waals surface area contributed by atoms with Crippen molar-refractivity contribution in [2.24, 2.45) is 0 Å². The Balaban J connectivity index is 1.85. The van der Waals surface area contributed by atoms with E-state index in [-0.39, 0.29) is 18.9 Å². The molecule has 0 fully saturated rings. The molecule has 2 aliphatic rings. The van der Waals surface area contributed by atoms with Crippen LogP contribution < -0.4 is 4.90 Å². The molecule has 1 atom stereocenters. The fraction of sp³-hybridized carbons (Fsp3) is 0.158. The van der Waals surface area contributed by atoms with E-state index in [4.69, 9.17) is 27.9 Å². The predicted octanol–water partition coefficient (Wildman–Crippen LogP) is 5.09. The lowest BCUT2D eigenvalue weighted by Gasteiger charge is -2.32. The minimum atomic E-state index is -0.444. The first kappa shape index (κ1) is 17.6. The first-order valence-electron chi connectivity index (χ1n) is 7.89. The Morgan fingerprint density at radius 1 is 1.12 bits per heavy atom. The lowest BCUT2D eigenvalue weighted by Crippen LogP contribution is -2.37. The number of hydrogen-bond acceptors (Lipinski definition) is 3. The summed E-state index contributed by atoms with van der Waals surface area (Å²) in [6, 6.07) is 12.4. The highest BCUT2D eigenvalue weighted by molar-refractivity contribution is 9.10. The minimum absolute atomic E-state index is 0.0636. The Kier molecular flexibility index (Phi) is 4.55. The van der Waals surface area contributed by atoms with Gasteiger partial charge in [0.2, 0.25) is 5.91 Å². The molecule has 0 bridgehead atoms. The van der Waals surface area contributed by atoms with Gasteiger partial charge in [-0.05, 0) is 35.9 Å². The normalized spacial score (nSPS) is 19.7. The van der Waals surface area contributed by atoms with Crippen LogP contribution in [-0.4, -0.2) is 18.5 Å². The van der Waals surface area contributed by atoms with E-state index in [2.05, 4.69) is 15.9 Å². The molecule has 0 saturated carbocycles. The summed E-state index contributed by atoms with van der Waals surface area (Å²) in [5, 5.41) is 0.928. The first-order valence-corrected chi connectivity index (χ1v) is 9.44. The summed E-state index contributed by atoms with van der Waals surface area (Å²) in [5.74, 6) is -0.972. The molecule has 2 aromatic carbocycles.